The van der Waals surface area contributed by atoms with Crippen molar-refractivity contribution in [3.05, 3.63) is 95.3 Å². The molecule has 0 aromatic heterocycles. The second-order valence-electron chi connectivity index (χ2n) is 11.6. The molecular weight excluding hydrogens is 591 g/mol. The SMILES string of the molecule is C=CCC1(CC=C)C[C@H]2C(c3ccc(F)cc3C)N(C(=O)N(C)[C@H](C)c3cc(C(F)(F)F)cc(C(F)(F)F)c3)CCN2C1=O. The molecule has 0 N–H and O–H groups in total. The molecule has 12 heteroatoms. The molecule has 2 aromatic carbocycles. The van der Waals surface area contributed by atoms with Crippen LogP contribution in [0.1, 0.15) is 66.1 Å². The molecule has 0 spiro atoms. The highest BCUT2D eigenvalue weighted by Gasteiger charge is 2.56. The van der Waals surface area contributed by atoms with E-state index in [1.54, 1.807) is 24.0 Å². The normalized spacial score (nSPS) is 20.7. The molecule has 4 rings (SSSR count). The fourth-order valence-electron chi connectivity index (χ4n) is 6.51. The average Bonchev–Trinajstić information content (AvgIpc) is 3.21. The molecule has 3 amide bonds. The Bertz CT molecular complexity index is 1410. The molecule has 0 bridgehead atoms. The quantitative estimate of drug-likeness (QED) is 0.231. The number of hydrogen-bond acceptors (Lipinski definition) is 2. The number of urea groups is 1. The summed E-state index contributed by atoms with van der Waals surface area (Å²) in [7, 11) is 1.31. The summed E-state index contributed by atoms with van der Waals surface area (Å²) >= 11 is 0. The van der Waals surface area contributed by atoms with Gasteiger partial charge in [0.25, 0.3) is 0 Å². The maximum Gasteiger partial charge on any atom is 0.416 e. The number of carbonyl (C=O) groups excluding carboxylic acids is 2. The van der Waals surface area contributed by atoms with E-state index in [0.717, 1.165) is 4.90 Å². The molecule has 2 aromatic rings. The van der Waals surface area contributed by atoms with Crippen LogP contribution < -0.4 is 0 Å². The van der Waals surface area contributed by atoms with Crippen molar-refractivity contribution in [2.24, 2.45) is 5.41 Å². The molecule has 44 heavy (non-hydrogen) atoms. The Morgan fingerprint density at radius 2 is 1.59 bits per heavy atom. The largest absolute Gasteiger partial charge is 0.416 e. The highest BCUT2D eigenvalue weighted by Crippen LogP contribution is 2.50. The number of alkyl halides is 6. The van der Waals surface area contributed by atoms with Crippen molar-refractivity contribution in [3.8, 4) is 0 Å². The number of fused-ring (bicyclic) bond motifs is 1. The Hall–Kier alpha value is -3.83. The average molecular weight is 626 g/mol. The van der Waals surface area contributed by atoms with Crippen LogP contribution in [0.15, 0.2) is 61.7 Å². The van der Waals surface area contributed by atoms with E-state index >= 15 is 0 Å². The fraction of sp³-hybridized carbons (Fsp3) is 0.438. The second-order valence-corrected chi connectivity index (χ2v) is 11.6. The minimum absolute atomic E-state index is 0.0360. The Kier molecular flexibility index (Phi) is 8.97. The van der Waals surface area contributed by atoms with Gasteiger partial charge in [-0.25, -0.2) is 9.18 Å². The number of aryl methyl sites for hydroxylation is 1. The van der Waals surface area contributed by atoms with E-state index in [1.165, 1.54) is 37.1 Å². The van der Waals surface area contributed by atoms with E-state index in [9.17, 15) is 40.3 Å². The van der Waals surface area contributed by atoms with E-state index in [2.05, 4.69) is 13.2 Å². The van der Waals surface area contributed by atoms with Crippen molar-refractivity contribution in [3.63, 3.8) is 0 Å². The lowest BCUT2D eigenvalue weighted by Crippen LogP contribution is -2.57. The Morgan fingerprint density at radius 1 is 1.02 bits per heavy atom. The van der Waals surface area contributed by atoms with Crippen LogP contribution in [0.2, 0.25) is 0 Å². The molecule has 0 radical (unpaired) electrons. The molecular formula is C32H34F7N3O2. The fourth-order valence-corrected chi connectivity index (χ4v) is 6.51. The molecule has 2 fully saturated rings. The van der Waals surface area contributed by atoms with Gasteiger partial charge in [-0.1, -0.05) is 18.2 Å². The van der Waals surface area contributed by atoms with E-state index in [1.807, 2.05) is 0 Å². The van der Waals surface area contributed by atoms with Crippen LogP contribution in [0.25, 0.3) is 0 Å². The first kappa shape index (κ1) is 33.1. The van der Waals surface area contributed by atoms with Crippen LogP contribution in [-0.4, -0.2) is 52.8 Å². The highest BCUT2D eigenvalue weighted by atomic mass is 19.4. The number of carbonyl (C=O) groups is 2. The Morgan fingerprint density at radius 3 is 2.09 bits per heavy atom. The smallest absolute Gasteiger partial charge is 0.335 e. The van der Waals surface area contributed by atoms with Gasteiger partial charge in [0.1, 0.15) is 5.82 Å². The zero-order valence-corrected chi connectivity index (χ0v) is 24.6. The molecule has 5 nitrogen and oxygen atoms in total. The zero-order valence-electron chi connectivity index (χ0n) is 24.6. The van der Waals surface area contributed by atoms with Gasteiger partial charge in [0.15, 0.2) is 0 Å². The number of allylic oxidation sites excluding steroid dienone is 2. The first-order valence-electron chi connectivity index (χ1n) is 14.1. The van der Waals surface area contributed by atoms with E-state index in [0.29, 0.717) is 42.5 Å². The maximum atomic E-state index is 14.1. The van der Waals surface area contributed by atoms with Crippen LogP contribution in [0.3, 0.4) is 0 Å². The Balaban J connectivity index is 1.76. The number of benzene rings is 2. The van der Waals surface area contributed by atoms with E-state index < -0.39 is 58.9 Å². The number of rotatable bonds is 7. The van der Waals surface area contributed by atoms with E-state index in [4.69, 9.17) is 0 Å². The molecule has 2 heterocycles. The predicted octanol–water partition coefficient (Wildman–Crippen LogP) is 8.08. The van der Waals surface area contributed by atoms with Crippen molar-refractivity contribution in [2.45, 2.75) is 63.6 Å². The van der Waals surface area contributed by atoms with Gasteiger partial charge in [-0.15, -0.1) is 13.2 Å². The molecule has 0 saturated carbocycles. The number of nitrogens with zero attached hydrogens (tertiary/aromatic N) is 3. The number of halogens is 7. The van der Waals surface area contributed by atoms with Gasteiger partial charge in [0, 0.05) is 20.1 Å². The lowest BCUT2D eigenvalue weighted by molar-refractivity contribution is -0.143. The summed E-state index contributed by atoms with van der Waals surface area (Å²) in [4.78, 5) is 32.1. The van der Waals surface area contributed by atoms with Crippen LogP contribution in [0, 0.1) is 18.2 Å². The molecule has 2 aliphatic rings. The molecule has 238 valence electrons. The van der Waals surface area contributed by atoms with Crippen LogP contribution in [0.4, 0.5) is 35.5 Å². The van der Waals surface area contributed by atoms with Gasteiger partial charge in [-0.3, -0.25) is 4.79 Å². The standard InChI is InChI=1S/C32H34F7N3O2/c1-6-10-30(11-7-2)18-26-27(25-9-8-24(33)14-19(25)3)42(13-12-41(26)28(30)43)29(44)40(5)20(4)21-15-22(31(34,35)36)17-23(16-21)32(37,38)39/h6-9,14-17,20,26-27H,1-2,10-13,18H2,3-5H3/t20-,26+,27?/m1/s1. The monoisotopic (exact) mass is 625 g/mol. The summed E-state index contributed by atoms with van der Waals surface area (Å²) in [6, 6.07) is 2.21. The maximum absolute atomic E-state index is 14.1. The highest BCUT2D eigenvalue weighted by molar-refractivity contribution is 5.87. The molecule has 2 saturated heterocycles. The number of piperazine rings is 1. The summed E-state index contributed by atoms with van der Waals surface area (Å²) in [6.45, 7) is 10.8. The van der Waals surface area contributed by atoms with Gasteiger partial charge in [0.05, 0.1) is 34.7 Å². The number of amides is 3. The molecule has 0 aliphatic carbocycles. The Labute approximate surface area is 251 Å². The van der Waals surface area contributed by atoms with Gasteiger partial charge in [-0.2, -0.15) is 26.3 Å². The van der Waals surface area contributed by atoms with Gasteiger partial charge in [-0.05, 0) is 80.1 Å². The van der Waals surface area contributed by atoms with Crippen molar-refractivity contribution < 1.29 is 40.3 Å². The minimum Gasteiger partial charge on any atom is -0.335 e. The lowest BCUT2D eigenvalue weighted by atomic mass is 9.76. The van der Waals surface area contributed by atoms with Crippen molar-refractivity contribution in [2.75, 3.05) is 20.1 Å². The second kappa shape index (κ2) is 11.9. The van der Waals surface area contributed by atoms with Crippen LogP contribution >= 0.6 is 0 Å². The molecule has 2 aliphatic heterocycles. The van der Waals surface area contributed by atoms with Crippen LogP contribution in [-0.2, 0) is 17.1 Å². The lowest BCUT2D eigenvalue weighted by Gasteiger charge is -2.47. The van der Waals surface area contributed by atoms with E-state index in [-0.39, 0.29) is 30.6 Å². The minimum atomic E-state index is -5.04. The third-order valence-electron chi connectivity index (χ3n) is 8.84. The van der Waals surface area contributed by atoms with Crippen molar-refractivity contribution in [1.82, 2.24) is 14.7 Å². The third kappa shape index (κ3) is 6.08. The first-order chi connectivity index (χ1) is 20.4. The summed E-state index contributed by atoms with van der Waals surface area (Å²) in [5.41, 5.74) is -3.04. The van der Waals surface area contributed by atoms with Crippen LogP contribution in [0.5, 0.6) is 0 Å². The summed E-state index contributed by atoms with van der Waals surface area (Å²) in [6.07, 6.45) is -5.72. The summed E-state index contributed by atoms with van der Waals surface area (Å²) in [5.74, 6) is -0.618. The number of hydrogen-bond donors (Lipinski definition) is 0. The summed E-state index contributed by atoms with van der Waals surface area (Å²) < 4.78 is 95.5. The third-order valence-corrected chi connectivity index (χ3v) is 8.84. The van der Waals surface area contributed by atoms with Gasteiger partial charge < -0.3 is 14.7 Å². The zero-order chi connectivity index (χ0) is 32.8. The van der Waals surface area contributed by atoms with Crippen molar-refractivity contribution >= 4 is 11.9 Å². The van der Waals surface area contributed by atoms with Gasteiger partial charge in [0.2, 0.25) is 5.91 Å². The topological polar surface area (TPSA) is 43.9 Å². The first-order valence-corrected chi connectivity index (χ1v) is 14.1. The summed E-state index contributed by atoms with van der Waals surface area (Å²) in [5, 5.41) is 0. The predicted molar refractivity (Wildman–Crippen MR) is 151 cm³/mol. The molecule has 1 unspecified atom stereocenters. The molecule has 3 atom stereocenters. The van der Waals surface area contributed by atoms with Gasteiger partial charge >= 0.3 is 18.4 Å². The van der Waals surface area contributed by atoms with Crippen molar-refractivity contribution in [1.29, 1.82) is 0 Å².